The van der Waals surface area contributed by atoms with Gasteiger partial charge in [0.2, 0.25) is 0 Å². The molecule has 27 heavy (non-hydrogen) atoms. The molecule has 1 saturated heterocycles. The molecule has 1 N–H and O–H groups in total. The Balaban J connectivity index is 1.70. The molecule has 3 rings (SSSR count). The highest BCUT2D eigenvalue weighted by Gasteiger charge is 2.30. The lowest BCUT2D eigenvalue weighted by Crippen LogP contribution is -2.49. The van der Waals surface area contributed by atoms with Crippen LogP contribution in [0.15, 0.2) is 48.5 Å². The van der Waals surface area contributed by atoms with Crippen molar-refractivity contribution >= 4 is 11.7 Å². The minimum Gasteiger partial charge on any atom is -0.497 e. The first kappa shape index (κ1) is 19.2. The minimum atomic E-state index is -0.817. The maximum atomic E-state index is 12.0. The molecule has 2 aromatic rings. The first-order chi connectivity index (χ1) is 13.1. The number of hydrogen-bond acceptors (Lipinski definition) is 5. The molecule has 0 spiro atoms. The summed E-state index contributed by atoms with van der Waals surface area (Å²) in [5.41, 5.74) is 2.91. The Labute approximate surface area is 159 Å². The fraction of sp³-hybridized carbons (Fsp3) is 0.381. The van der Waals surface area contributed by atoms with E-state index in [2.05, 4.69) is 4.90 Å². The van der Waals surface area contributed by atoms with E-state index >= 15 is 0 Å². The Bertz CT molecular complexity index is 755. The zero-order chi connectivity index (χ0) is 19.2. The Morgan fingerprint density at radius 3 is 2.37 bits per heavy atom. The number of carboxylic acid groups (broad SMARTS) is 1. The van der Waals surface area contributed by atoms with E-state index in [4.69, 9.17) is 9.47 Å². The van der Waals surface area contributed by atoms with E-state index in [0.717, 1.165) is 35.7 Å². The number of carbonyl (C=O) groups is 1. The molecule has 1 fully saturated rings. The summed E-state index contributed by atoms with van der Waals surface area (Å²) in [6.45, 7) is 3.43. The summed E-state index contributed by atoms with van der Waals surface area (Å²) in [4.78, 5) is 16.3. The number of nitrogens with zero attached hydrogens (tertiary/aromatic N) is 2. The Hall–Kier alpha value is -2.57. The summed E-state index contributed by atoms with van der Waals surface area (Å²) >= 11 is 0. The quantitative estimate of drug-likeness (QED) is 0.809. The topological polar surface area (TPSA) is 62.2 Å². The summed E-state index contributed by atoms with van der Waals surface area (Å²) in [7, 11) is 3.29. The fourth-order valence-corrected chi connectivity index (χ4v) is 3.56. The summed E-state index contributed by atoms with van der Waals surface area (Å²) in [5, 5.41) is 9.84. The molecule has 0 aromatic heterocycles. The second kappa shape index (κ2) is 8.88. The van der Waals surface area contributed by atoms with E-state index in [1.165, 1.54) is 0 Å². The first-order valence-corrected chi connectivity index (χ1v) is 9.06. The molecule has 1 atom stereocenters. The van der Waals surface area contributed by atoms with Gasteiger partial charge in [-0.1, -0.05) is 24.3 Å². The standard InChI is InChI=1S/C21H26N2O4/c1-26-15-16-4-3-5-17(14-16)20(21(24)25)23-12-10-22(11-13-23)18-6-8-19(27-2)9-7-18/h3-9,14,20H,10-13,15H2,1-2H3,(H,24,25). The van der Waals surface area contributed by atoms with E-state index < -0.39 is 12.0 Å². The average Bonchev–Trinajstić information content (AvgIpc) is 2.69. The Kier molecular flexibility index (Phi) is 6.32. The predicted molar refractivity (Wildman–Crippen MR) is 104 cm³/mol. The lowest BCUT2D eigenvalue weighted by molar-refractivity contribution is -0.143. The lowest BCUT2D eigenvalue weighted by atomic mass is 10.0. The van der Waals surface area contributed by atoms with Crippen molar-refractivity contribution in [2.45, 2.75) is 12.6 Å². The van der Waals surface area contributed by atoms with Gasteiger partial charge in [0, 0.05) is 39.0 Å². The minimum absolute atomic E-state index is 0.478. The average molecular weight is 370 g/mol. The van der Waals surface area contributed by atoms with Gasteiger partial charge in [0.15, 0.2) is 0 Å². The number of aliphatic carboxylic acids is 1. The largest absolute Gasteiger partial charge is 0.497 e. The van der Waals surface area contributed by atoms with Crippen molar-refractivity contribution in [3.8, 4) is 5.75 Å². The van der Waals surface area contributed by atoms with Crippen molar-refractivity contribution in [2.24, 2.45) is 0 Å². The summed E-state index contributed by atoms with van der Waals surface area (Å²) in [5.74, 6) is 0.0155. The zero-order valence-electron chi connectivity index (χ0n) is 15.8. The smallest absolute Gasteiger partial charge is 0.325 e. The molecule has 0 radical (unpaired) electrons. The van der Waals surface area contributed by atoms with Crippen LogP contribution < -0.4 is 9.64 Å². The number of benzene rings is 2. The number of hydrogen-bond donors (Lipinski definition) is 1. The summed E-state index contributed by atoms with van der Waals surface area (Å²) in [6.07, 6.45) is 0. The van der Waals surface area contributed by atoms with Gasteiger partial charge in [0.05, 0.1) is 13.7 Å². The molecule has 1 heterocycles. The number of methoxy groups -OCH3 is 2. The lowest BCUT2D eigenvalue weighted by Gasteiger charge is -2.39. The molecule has 0 amide bonds. The van der Waals surface area contributed by atoms with E-state index in [-0.39, 0.29) is 0 Å². The monoisotopic (exact) mass is 370 g/mol. The van der Waals surface area contributed by atoms with Gasteiger partial charge in [0.1, 0.15) is 11.8 Å². The van der Waals surface area contributed by atoms with E-state index in [9.17, 15) is 9.90 Å². The SMILES string of the molecule is COCc1cccc(C(C(=O)O)N2CCN(c3ccc(OC)cc3)CC2)c1. The van der Waals surface area contributed by atoms with Crippen LogP contribution in [0.4, 0.5) is 5.69 Å². The maximum Gasteiger partial charge on any atom is 0.325 e. The molecule has 1 aliphatic rings. The van der Waals surface area contributed by atoms with Gasteiger partial charge in [-0.3, -0.25) is 9.69 Å². The molecule has 1 aliphatic heterocycles. The molecule has 0 saturated carbocycles. The highest BCUT2D eigenvalue weighted by atomic mass is 16.5. The van der Waals surface area contributed by atoms with Crippen molar-refractivity contribution in [3.05, 3.63) is 59.7 Å². The highest BCUT2D eigenvalue weighted by molar-refractivity contribution is 5.75. The molecular formula is C21H26N2O4. The zero-order valence-corrected chi connectivity index (χ0v) is 15.8. The van der Waals surface area contributed by atoms with Gasteiger partial charge < -0.3 is 19.5 Å². The van der Waals surface area contributed by atoms with Crippen LogP contribution in [0.1, 0.15) is 17.2 Å². The number of carboxylic acids is 1. The summed E-state index contributed by atoms with van der Waals surface area (Å²) in [6, 6.07) is 15.0. The number of anilines is 1. The van der Waals surface area contributed by atoms with Crippen molar-refractivity contribution in [1.29, 1.82) is 0 Å². The van der Waals surface area contributed by atoms with Crippen LogP contribution in [-0.2, 0) is 16.1 Å². The number of piperazine rings is 1. The van der Waals surface area contributed by atoms with Crippen LogP contribution in [0.3, 0.4) is 0 Å². The van der Waals surface area contributed by atoms with Gasteiger partial charge in [0.25, 0.3) is 0 Å². The van der Waals surface area contributed by atoms with Crippen LogP contribution in [0, 0.1) is 0 Å². The van der Waals surface area contributed by atoms with Crippen LogP contribution in [0.5, 0.6) is 5.75 Å². The van der Waals surface area contributed by atoms with Gasteiger partial charge in [-0.2, -0.15) is 0 Å². The van der Waals surface area contributed by atoms with Crippen LogP contribution >= 0.6 is 0 Å². The van der Waals surface area contributed by atoms with E-state index in [0.29, 0.717) is 19.7 Å². The Morgan fingerprint density at radius 1 is 1.07 bits per heavy atom. The third-order valence-electron chi connectivity index (χ3n) is 4.93. The molecule has 6 heteroatoms. The van der Waals surface area contributed by atoms with Gasteiger partial charge in [-0.05, 0) is 35.4 Å². The van der Waals surface area contributed by atoms with Crippen LogP contribution in [0.25, 0.3) is 0 Å². The van der Waals surface area contributed by atoms with E-state index in [1.807, 2.05) is 53.4 Å². The number of ether oxygens (including phenoxy) is 2. The van der Waals surface area contributed by atoms with Gasteiger partial charge in [-0.25, -0.2) is 0 Å². The third-order valence-corrected chi connectivity index (χ3v) is 4.93. The molecule has 0 aliphatic carbocycles. The van der Waals surface area contributed by atoms with Crippen molar-refractivity contribution in [1.82, 2.24) is 4.90 Å². The summed E-state index contributed by atoms with van der Waals surface area (Å²) < 4.78 is 10.4. The second-order valence-electron chi connectivity index (χ2n) is 6.64. The predicted octanol–water partition coefficient (Wildman–Crippen LogP) is 2.79. The first-order valence-electron chi connectivity index (χ1n) is 9.06. The van der Waals surface area contributed by atoms with Crippen LogP contribution in [-0.4, -0.2) is 56.4 Å². The van der Waals surface area contributed by atoms with Crippen LogP contribution in [0.2, 0.25) is 0 Å². The van der Waals surface area contributed by atoms with Gasteiger partial charge in [-0.15, -0.1) is 0 Å². The molecule has 0 bridgehead atoms. The van der Waals surface area contributed by atoms with E-state index in [1.54, 1.807) is 14.2 Å². The molecule has 6 nitrogen and oxygen atoms in total. The third kappa shape index (κ3) is 4.59. The molecule has 1 unspecified atom stereocenters. The van der Waals surface area contributed by atoms with Crippen molar-refractivity contribution in [2.75, 3.05) is 45.3 Å². The number of rotatable bonds is 7. The Morgan fingerprint density at radius 2 is 1.78 bits per heavy atom. The normalized spacial score (nSPS) is 16.1. The fourth-order valence-electron chi connectivity index (χ4n) is 3.56. The molecule has 2 aromatic carbocycles. The maximum absolute atomic E-state index is 12.0. The van der Waals surface area contributed by atoms with Gasteiger partial charge >= 0.3 is 5.97 Å². The molecule has 144 valence electrons. The highest BCUT2D eigenvalue weighted by Crippen LogP contribution is 2.26. The molecular weight excluding hydrogens is 344 g/mol. The van der Waals surface area contributed by atoms with Crippen molar-refractivity contribution in [3.63, 3.8) is 0 Å². The van der Waals surface area contributed by atoms with Crippen molar-refractivity contribution < 1.29 is 19.4 Å². The second-order valence-corrected chi connectivity index (χ2v) is 6.64.